The molecule has 0 spiro atoms. The van der Waals surface area contributed by atoms with E-state index in [1.807, 2.05) is 61.5 Å². The van der Waals surface area contributed by atoms with E-state index in [2.05, 4.69) is 29.6 Å². The van der Waals surface area contributed by atoms with Gasteiger partial charge in [-0.05, 0) is 41.2 Å². The molecule has 3 aromatic carbocycles. The maximum absolute atomic E-state index is 12.0. The third kappa shape index (κ3) is 7.00. The molecule has 5 heteroatoms. The van der Waals surface area contributed by atoms with Crippen LogP contribution in [0.25, 0.3) is 11.1 Å². The molecular weight excluding hydrogens is 390 g/mol. The molecule has 0 aliphatic rings. The molecule has 0 fully saturated rings. The fourth-order valence-electron chi connectivity index (χ4n) is 3.26. The highest BCUT2D eigenvalue weighted by Crippen LogP contribution is 2.21. The lowest BCUT2D eigenvalue weighted by Gasteiger charge is -2.14. The molecule has 0 radical (unpaired) electrons. The van der Waals surface area contributed by atoms with Crippen LogP contribution in [0.4, 0.5) is 4.79 Å². The molecule has 0 saturated carbocycles. The van der Waals surface area contributed by atoms with Crippen LogP contribution >= 0.6 is 0 Å². The fraction of sp³-hybridized carbons (Fsp3) is 0.231. The summed E-state index contributed by atoms with van der Waals surface area (Å²) in [6.45, 7) is 2.21. The van der Waals surface area contributed by atoms with Crippen molar-refractivity contribution in [1.82, 2.24) is 5.32 Å². The molecule has 1 amide bonds. The van der Waals surface area contributed by atoms with Crippen molar-refractivity contribution in [3.63, 3.8) is 0 Å². The van der Waals surface area contributed by atoms with E-state index in [1.54, 1.807) is 0 Å². The Kier molecular flexibility index (Phi) is 7.82. The van der Waals surface area contributed by atoms with E-state index in [0.717, 1.165) is 27.8 Å². The van der Waals surface area contributed by atoms with E-state index in [9.17, 15) is 9.59 Å². The Hall–Kier alpha value is -3.60. The van der Waals surface area contributed by atoms with Gasteiger partial charge in [-0.25, -0.2) is 4.79 Å². The van der Waals surface area contributed by atoms with Crippen molar-refractivity contribution in [3.05, 3.63) is 95.6 Å². The van der Waals surface area contributed by atoms with Gasteiger partial charge < -0.3 is 14.8 Å². The van der Waals surface area contributed by atoms with Crippen molar-refractivity contribution in [2.45, 2.75) is 32.4 Å². The summed E-state index contributed by atoms with van der Waals surface area (Å²) < 4.78 is 9.97. The minimum Gasteiger partial charge on any atom is -0.469 e. The first-order chi connectivity index (χ1) is 15.0. The summed E-state index contributed by atoms with van der Waals surface area (Å²) in [6.07, 6.45) is 0.563. The SMILES string of the molecule is COC(=O)Cc1ccc(-c2ccc(C[C@@H](C)NC(=O)OCc3ccccc3)cc2)cc1. The first-order valence-electron chi connectivity index (χ1n) is 10.3. The Morgan fingerprint density at radius 2 is 1.39 bits per heavy atom. The largest absolute Gasteiger partial charge is 0.469 e. The number of carbonyl (C=O) groups is 2. The lowest BCUT2D eigenvalue weighted by Crippen LogP contribution is -2.34. The van der Waals surface area contributed by atoms with Crippen LogP contribution in [0, 0.1) is 0 Å². The molecule has 0 aliphatic heterocycles. The number of alkyl carbamates (subject to hydrolysis) is 1. The van der Waals surface area contributed by atoms with Crippen molar-refractivity contribution < 1.29 is 19.1 Å². The van der Waals surface area contributed by atoms with Crippen LogP contribution in [0.15, 0.2) is 78.9 Å². The van der Waals surface area contributed by atoms with Crippen LogP contribution in [-0.2, 0) is 33.7 Å². The quantitative estimate of drug-likeness (QED) is 0.528. The highest BCUT2D eigenvalue weighted by Gasteiger charge is 2.10. The number of benzene rings is 3. The van der Waals surface area contributed by atoms with Gasteiger partial charge in [0.15, 0.2) is 0 Å². The van der Waals surface area contributed by atoms with Gasteiger partial charge in [0.25, 0.3) is 0 Å². The van der Waals surface area contributed by atoms with Crippen molar-refractivity contribution in [3.8, 4) is 11.1 Å². The summed E-state index contributed by atoms with van der Waals surface area (Å²) in [5.41, 5.74) is 5.18. The van der Waals surface area contributed by atoms with Gasteiger partial charge in [0.05, 0.1) is 13.5 Å². The fourth-order valence-corrected chi connectivity index (χ4v) is 3.26. The first-order valence-corrected chi connectivity index (χ1v) is 10.3. The standard InChI is InChI=1S/C26H27NO4/c1-19(27-26(29)31-18-22-6-4-3-5-7-22)16-20-8-12-23(13-9-20)24-14-10-21(11-15-24)17-25(28)30-2/h3-15,19H,16-18H2,1-2H3,(H,27,29)/t19-/m1/s1. The van der Waals surface area contributed by atoms with E-state index in [1.165, 1.54) is 7.11 Å². The first kappa shape index (κ1) is 22.1. The number of hydrogen-bond acceptors (Lipinski definition) is 4. The highest BCUT2D eigenvalue weighted by atomic mass is 16.5. The van der Waals surface area contributed by atoms with Crippen molar-refractivity contribution >= 4 is 12.1 Å². The average molecular weight is 418 g/mol. The van der Waals surface area contributed by atoms with E-state index in [4.69, 9.17) is 9.47 Å². The van der Waals surface area contributed by atoms with Gasteiger partial charge in [-0.3, -0.25) is 4.79 Å². The Morgan fingerprint density at radius 1 is 0.806 bits per heavy atom. The molecule has 0 aromatic heterocycles. The van der Waals surface area contributed by atoms with Gasteiger partial charge in [0.1, 0.15) is 6.61 Å². The van der Waals surface area contributed by atoms with Crippen LogP contribution in [0.1, 0.15) is 23.6 Å². The predicted octanol–water partition coefficient (Wildman–Crippen LogP) is 4.93. The lowest BCUT2D eigenvalue weighted by atomic mass is 10.00. The van der Waals surface area contributed by atoms with Gasteiger partial charge in [-0.15, -0.1) is 0 Å². The Labute approximate surface area is 183 Å². The van der Waals surface area contributed by atoms with E-state index in [-0.39, 0.29) is 25.0 Å². The topological polar surface area (TPSA) is 64.6 Å². The molecule has 160 valence electrons. The molecule has 0 heterocycles. The third-order valence-corrected chi connectivity index (χ3v) is 4.94. The Balaban J connectivity index is 1.49. The summed E-state index contributed by atoms with van der Waals surface area (Å²) in [4.78, 5) is 23.4. The molecule has 0 saturated heterocycles. The smallest absolute Gasteiger partial charge is 0.407 e. The minimum atomic E-state index is -0.417. The molecule has 0 aliphatic carbocycles. The zero-order valence-electron chi connectivity index (χ0n) is 17.8. The maximum Gasteiger partial charge on any atom is 0.407 e. The van der Waals surface area contributed by atoms with Gasteiger partial charge >= 0.3 is 12.1 Å². The summed E-state index contributed by atoms with van der Waals surface area (Å²) in [5.74, 6) is -0.247. The molecule has 1 atom stereocenters. The zero-order chi connectivity index (χ0) is 22.1. The third-order valence-electron chi connectivity index (χ3n) is 4.94. The highest BCUT2D eigenvalue weighted by molar-refractivity contribution is 5.73. The number of ether oxygens (including phenoxy) is 2. The van der Waals surface area contributed by atoms with Gasteiger partial charge in [0, 0.05) is 6.04 Å². The molecule has 0 bridgehead atoms. The monoisotopic (exact) mass is 417 g/mol. The van der Waals surface area contributed by atoms with Crippen LogP contribution in [0.3, 0.4) is 0 Å². The van der Waals surface area contributed by atoms with Crippen molar-refractivity contribution in [2.75, 3.05) is 7.11 Å². The van der Waals surface area contributed by atoms with Crippen LogP contribution in [0.2, 0.25) is 0 Å². The number of hydrogen-bond donors (Lipinski definition) is 1. The molecule has 1 N–H and O–H groups in total. The van der Waals surface area contributed by atoms with E-state index < -0.39 is 6.09 Å². The summed E-state index contributed by atoms with van der Waals surface area (Å²) in [7, 11) is 1.39. The zero-order valence-corrected chi connectivity index (χ0v) is 17.8. The Morgan fingerprint density at radius 3 is 1.97 bits per heavy atom. The van der Waals surface area contributed by atoms with Gasteiger partial charge in [-0.1, -0.05) is 78.9 Å². The predicted molar refractivity (Wildman–Crippen MR) is 121 cm³/mol. The molecule has 3 rings (SSSR count). The second kappa shape index (κ2) is 11.0. The average Bonchev–Trinajstić information content (AvgIpc) is 2.79. The number of carbonyl (C=O) groups excluding carboxylic acids is 2. The van der Waals surface area contributed by atoms with Gasteiger partial charge in [0.2, 0.25) is 0 Å². The lowest BCUT2D eigenvalue weighted by molar-refractivity contribution is -0.139. The number of amides is 1. The maximum atomic E-state index is 12.0. The summed E-state index contributed by atoms with van der Waals surface area (Å²) >= 11 is 0. The van der Waals surface area contributed by atoms with Crippen LogP contribution < -0.4 is 5.32 Å². The molecule has 31 heavy (non-hydrogen) atoms. The molecule has 3 aromatic rings. The number of rotatable bonds is 8. The molecular formula is C26H27NO4. The number of esters is 1. The van der Waals surface area contributed by atoms with Crippen molar-refractivity contribution in [2.24, 2.45) is 0 Å². The van der Waals surface area contributed by atoms with E-state index in [0.29, 0.717) is 6.42 Å². The van der Waals surface area contributed by atoms with E-state index >= 15 is 0 Å². The molecule has 5 nitrogen and oxygen atoms in total. The molecule has 0 unspecified atom stereocenters. The van der Waals surface area contributed by atoms with Gasteiger partial charge in [-0.2, -0.15) is 0 Å². The number of methoxy groups -OCH3 is 1. The minimum absolute atomic E-state index is 0.0493. The van der Waals surface area contributed by atoms with Crippen LogP contribution in [0.5, 0.6) is 0 Å². The summed E-state index contributed by atoms with van der Waals surface area (Å²) in [6, 6.07) is 25.7. The second-order valence-corrected chi connectivity index (χ2v) is 7.46. The summed E-state index contributed by atoms with van der Waals surface area (Å²) in [5, 5.41) is 2.87. The van der Waals surface area contributed by atoms with Crippen molar-refractivity contribution in [1.29, 1.82) is 0 Å². The Bertz CT molecular complexity index is 982. The second-order valence-electron chi connectivity index (χ2n) is 7.46. The van der Waals surface area contributed by atoms with Crippen LogP contribution in [-0.4, -0.2) is 25.2 Å². The number of nitrogens with one attached hydrogen (secondary N) is 1. The normalized spacial score (nSPS) is 11.4.